The number of ether oxygens (including phenoxy) is 1. The summed E-state index contributed by atoms with van der Waals surface area (Å²) in [5.74, 6) is -1.08. The number of sulfonamides is 1. The summed E-state index contributed by atoms with van der Waals surface area (Å²) in [6.07, 6.45) is 3.95. The average molecular weight is 296 g/mol. The van der Waals surface area contributed by atoms with Crippen molar-refractivity contribution in [3.63, 3.8) is 0 Å². The number of amides is 1. The van der Waals surface area contributed by atoms with Gasteiger partial charge in [0.2, 0.25) is 15.9 Å². The molecule has 7 heteroatoms. The third-order valence-electron chi connectivity index (χ3n) is 3.76. The summed E-state index contributed by atoms with van der Waals surface area (Å²) in [6.45, 7) is 0. The highest BCUT2D eigenvalue weighted by Gasteiger charge is 2.45. The number of nitrogens with one attached hydrogen (secondary N) is 1. The number of rotatable bonds is 4. The minimum absolute atomic E-state index is 0.120. The molecule has 0 radical (unpaired) electrons. The SMILES string of the molecule is O=C(NS(=O)(=O)Cc1ccccn1)[C@@H]1C[C@@H]2CC[C@H]1O2. The lowest BCUT2D eigenvalue weighted by molar-refractivity contribution is -0.124. The van der Waals surface area contributed by atoms with Gasteiger partial charge in [0.25, 0.3) is 0 Å². The second-order valence-electron chi connectivity index (χ2n) is 5.26. The van der Waals surface area contributed by atoms with E-state index in [1.807, 2.05) is 0 Å². The molecule has 2 saturated heterocycles. The highest BCUT2D eigenvalue weighted by molar-refractivity contribution is 7.89. The first-order valence-corrected chi connectivity index (χ1v) is 8.28. The van der Waals surface area contributed by atoms with Crippen LogP contribution in [-0.4, -0.2) is 31.5 Å². The van der Waals surface area contributed by atoms with Crippen molar-refractivity contribution in [3.8, 4) is 0 Å². The Kier molecular flexibility index (Phi) is 3.47. The molecule has 2 bridgehead atoms. The molecule has 3 rings (SSSR count). The zero-order chi connectivity index (χ0) is 14.2. The Hall–Kier alpha value is -1.47. The molecule has 0 unspecified atom stereocenters. The lowest BCUT2D eigenvalue weighted by Gasteiger charge is -2.17. The van der Waals surface area contributed by atoms with Crippen LogP contribution in [0.3, 0.4) is 0 Å². The van der Waals surface area contributed by atoms with E-state index in [2.05, 4.69) is 9.71 Å². The zero-order valence-corrected chi connectivity index (χ0v) is 11.7. The van der Waals surface area contributed by atoms with Gasteiger partial charge >= 0.3 is 0 Å². The molecule has 6 nitrogen and oxygen atoms in total. The van der Waals surface area contributed by atoms with Gasteiger partial charge in [-0.1, -0.05) is 6.07 Å². The van der Waals surface area contributed by atoms with Gasteiger partial charge in [0.1, 0.15) is 5.75 Å². The smallest absolute Gasteiger partial charge is 0.240 e. The van der Waals surface area contributed by atoms with E-state index in [-0.39, 0.29) is 23.9 Å². The lowest BCUT2D eigenvalue weighted by atomic mass is 9.89. The fraction of sp³-hybridized carbons (Fsp3) is 0.538. The van der Waals surface area contributed by atoms with Gasteiger partial charge in [-0.15, -0.1) is 0 Å². The van der Waals surface area contributed by atoms with E-state index in [4.69, 9.17) is 4.74 Å². The van der Waals surface area contributed by atoms with E-state index < -0.39 is 15.9 Å². The monoisotopic (exact) mass is 296 g/mol. The fourth-order valence-electron chi connectivity index (χ4n) is 2.86. The minimum Gasteiger partial charge on any atom is -0.374 e. The van der Waals surface area contributed by atoms with Crippen molar-refractivity contribution in [2.45, 2.75) is 37.2 Å². The number of carbonyl (C=O) groups excluding carboxylic acids is 1. The van der Waals surface area contributed by atoms with Crippen molar-refractivity contribution in [1.29, 1.82) is 0 Å². The van der Waals surface area contributed by atoms with Crippen LogP contribution in [0, 0.1) is 5.92 Å². The molecule has 0 aliphatic carbocycles. The Labute approximate surface area is 117 Å². The fourth-order valence-corrected chi connectivity index (χ4v) is 3.95. The quantitative estimate of drug-likeness (QED) is 0.879. The Bertz CT molecular complexity index is 602. The number of nitrogens with zero attached hydrogens (tertiary/aromatic N) is 1. The molecule has 1 aromatic heterocycles. The Morgan fingerprint density at radius 2 is 2.25 bits per heavy atom. The molecule has 2 aliphatic rings. The summed E-state index contributed by atoms with van der Waals surface area (Å²) in [5, 5.41) is 0. The first-order valence-electron chi connectivity index (χ1n) is 6.63. The third-order valence-corrected chi connectivity index (χ3v) is 4.95. The highest BCUT2D eigenvalue weighted by atomic mass is 32.2. The van der Waals surface area contributed by atoms with Crippen LogP contribution >= 0.6 is 0 Å². The Morgan fingerprint density at radius 3 is 2.85 bits per heavy atom. The number of hydrogen-bond acceptors (Lipinski definition) is 5. The van der Waals surface area contributed by atoms with Crippen LogP contribution in [0.1, 0.15) is 25.0 Å². The van der Waals surface area contributed by atoms with Crippen LogP contribution in [0.15, 0.2) is 24.4 Å². The van der Waals surface area contributed by atoms with Gasteiger partial charge in [0, 0.05) is 6.20 Å². The first kappa shape index (κ1) is 13.5. The summed E-state index contributed by atoms with van der Waals surface area (Å²) in [5.41, 5.74) is 0.414. The summed E-state index contributed by atoms with van der Waals surface area (Å²) >= 11 is 0. The standard InChI is InChI=1S/C13H16N2O4S/c16-13(11-7-10-4-5-12(11)19-10)15-20(17,18)8-9-3-1-2-6-14-9/h1-3,6,10-12H,4-5,7-8H2,(H,15,16)/t10-,11+,12+/m0/s1. The summed E-state index contributed by atoms with van der Waals surface area (Å²) in [6, 6.07) is 5.04. The molecule has 3 atom stereocenters. The predicted octanol–water partition coefficient (Wildman–Crippen LogP) is 0.595. The number of carbonyl (C=O) groups is 1. The van der Waals surface area contributed by atoms with Crippen molar-refractivity contribution < 1.29 is 17.9 Å². The predicted molar refractivity (Wildman–Crippen MR) is 71.0 cm³/mol. The number of fused-ring (bicyclic) bond motifs is 2. The van der Waals surface area contributed by atoms with Gasteiger partial charge < -0.3 is 4.74 Å². The molecule has 1 amide bonds. The molecule has 1 N–H and O–H groups in total. The van der Waals surface area contributed by atoms with Gasteiger partial charge in [-0.05, 0) is 31.4 Å². The maximum Gasteiger partial charge on any atom is 0.240 e. The topological polar surface area (TPSA) is 85.4 Å². The van der Waals surface area contributed by atoms with Crippen LogP contribution < -0.4 is 4.72 Å². The summed E-state index contributed by atoms with van der Waals surface area (Å²) < 4.78 is 31.6. The zero-order valence-electron chi connectivity index (χ0n) is 10.9. The van der Waals surface area contributed by atoms with Crippen molar-refractivity contribution in [2.75, 3.05) is 0 Å². The number of hydrogen-bond donors (Lipinski definition) is 1. The number of pyridine rings is 1. The third kappa shape index (κ3) is 2.83. The van der Waals surface area contributed by atoms with Gasteiger partial charge in [-0.25, -0.2) is 8.42 Å². The summed E-state index contributed by atoms with van der Waals surface area (Å²) in [4.78, 5) is 16.0. The largest absolute Gasteiger partial charge is 0.374 e. The van der Waals surface area contributed by atoms with E-state index in [1.54, 1.807) is 18.2 Å². The molecular formula is C13H16N2O4S. The van der Waals surface area contributed by atoms with Crippen LogP contribution in [0.5, 0.6) is 0 Å². The van der Waals surface area contributed by atoms with Crippen LogP contribution in [-0.2, 0) is 25.3 Å². The highest BCUT2D eigenvalue weighted by Crippen LogP contribution is 2.38. The van der Waals surface area contributed by atoms with Crippen molar-refractivity contribution >= 4 is 15.9 Å². The second-order valence-corrected chi connectivity index (χ2v) is 6.98. The molecule has 108 valence electrons. The molecule has 1 aromatic rings. The van der Waals surface area contributed by atoms with Gasteiger partial charge in [0.15, 0.2) is 0 Å². The Morgan fingerprint density at radius 1 is 1.40 bits per heavy atom. The first-order chi connectivity index (χ1) is 9.53. The van der Waals surface area contributed by atoms with E-state index >= 15 is 0 Å². The number of aromatic nitrogens is 1. The van der Waals surface area contributed by atoms with E-state index in [9.17, 15) is 13.2 Å². The lowest BCUT2D eigenvalue weighted by Crippen LogP contribution is -2.40. The van der Waals surface area contributed by atoms with Crippen molar-refractivity contribution in [2.24, 2.45) is 5.92 Å². The van der Waals surface area contributed by atoms with Gasteiger partial charge in [0.05, 0.1) is 23.8 Å². The van der Waals surface area contributed by atoms with Crippen LogP contribution in [0.25, 0.3) is 0 Å². The molecule has 0 spiro atoms. The van der Waals surface area contributed by atoms with Gasteiger partial charge in [-0.3, -0.25) is 14.5 Å². The van der Waals surface area contributed by atoms with Gasteiger partial charge in [-0.2, -0.15) is 0 Å². The maximum absolute atomic E-state index is 12.1. The molecule has 0 aromatic carbocycles. The molecule has 2 fully saturated rings. The van der Waals surface area contributed by atoms with E-state index in [0.717, 1.165) is 12.8 Å². The summed E-state index contributed by atoms with van der Waals surface area (Å²) in [7, 11) is -3.71. The second kappa shape index (κ2) is 5.14. The maximum atomic E-state index is 12.1. The van der Waals surface area contributed by atoms with Crippen molar-refractivity contribution in [1.82, 2.24) is 9.71 Å². The molecule has 2 aliphatic heterocycles. The van der Waals surface area contributed by atoms with E-state index in [1.165, 1.54) is 6.20 Å². The van der Waals surface area contributed by atoms with Crippen LogP contribution in [0.4, 0.5) is 0 Å². The molecule has 20 heavy (non-hydrogen) atoms. The van der Waals surface area contributed by atoms with E-state index in [0.29, 0.717) is 12.1 Å². The molecular weight excluding hydrogens is 280 g/mol. The van der Waals surface area contributed by atoms with Crippen LogP contribution in [0.2, 0.25) is 0 Å². The molecule has 3 heterocycles. The average Bonchev–Trinajstić information content (AvgIpc) is 3.01. The molecule has 0 saturated carbocycles. The van der Waals surface area contributed by atoms with Crippen molar-refractivity contribution in [3.05, 3.63) is 30.1 Å². The minimum atomic E-state index is -3.71. The normalized spacial score (nSPS) is 28.5. The Balaban J connectivity index is 1.63.